The lowest BCUT2D eigenvalue weighted by Crippen LogP contribution is -2.05. The van der Waals surface area contributed by atoms with Gasteiger partial charge in [0.05, 0.1) is 5.39 Å². The van der Waals surface area contributed by atoms with Gasteiger partial charge in [-0.1, -0.05) is 11.6 Å². The lowest BCUT2D eigenvalue weighted by Gasteiger charge is -2.11. The van der Waals surface area contributed by atoms with Gasteiger partial charge in [0.1, 0.15) is 22.3 Å². The van der Waals surface area contributed by atoms with E-state index in [9.17, 15) is 4.79 Å². The zero-order valence-electron chi connectivity index (χ0n) is 14.4. The number of hydrogen-bond acceptors (Lipinski definition) is 5. The fourth-order valence-electron chi connectivity index (χ4n) is 2.88. The van der Waals surface area contributed by atoms with Crippen molar-refractivity contribution in [3.63, 3.8) is 0 Å². The van der Waals surface area contributed by atoms with Crippen LogP contribution in [0.25, 0.3) is 33.7 Å². The Kier molecular flexibility index (Phi) is 3.81. The number of aromatic amines is 1. The van der Waals surface area contributed by atoms with Crippen LogP contribution >= 0.6 is 11.6 Å². The van der Waals surface area contributed by atoms with Crippen LogP contribution in [-0.4, -0.2) is 29.7 Å². The molecule has 4 aromatic rings. The number of nitrogens with zero attached hydrogens (tertiary/aromatic N) is 5. The van der Waals surface area contributed by atoms with Crippen LogP contribution in [-0.2, 0) is 7.05 Å². The standard InChI is InChI=1S/C18H15ClN6O/c1-9-6-11(7-15(19)21-9)12-8-13-14(26)4-5-20-17(13)22-16(12)18-24-23-10(2)25(18)3/h4-8H,1-3H3,(H,20,22,26). The van der Waals surface area contributed by atoms with Crippen LogP contribution in [0, 0.1) is 13.8 Å². The second-order valence-electron chi connectivity index (χ2n) is 6.07. The summed E-state index contributed by atoms with van der Waals surface area (Å²) in [5.41, 5.74) is 3.34. The van der Waals surface area contributed by atoms with Crippen molar-refractivity contribution in [2.75, 3.05) is 0 Å². The zero-order chi connectivity index (χ0) is 18.4. The Morgan fingerprint density at radius 1 is 1.12 bits per heavy atom. The lowest BCUT2D eigenvalue weighted by atomic mass is 10.0. The summed E-state index contributed by atoms with van der Waals surface area (Å²) in [6.45, 7) is 3.73. The topological polar surface area (TPSA) is 89.4 Å². The third-order valence-electron chi connectivity index (χ3n) is 4.28. The third-order valence-corrected chi connectivity index (χ3v) is 4.47. The minimum atomic E-state index is -0.106. The van der Waals surface area contributed by atoms with Crippen molar-refractivity contribution in [3.05, 3.63) is 57.4 Å². The molecule has 1 N–H and O–H groups in total. The van der Waals surface area contributed by atoms with Crippen molar-refractivity contribution in [2.24, 2.45) is 7.05 Å². The van der Waals surface area contributed by atoms with E-state index in [-0.39, 0.29) is 5.43 Å². The van der Waals surface area contributed by atoms with Crippen LogP contribution in [0.3, 0.4) is 0 Å². The largest absolute Gasteiger partial charge is 0.346 e. The highest BCUT2D eigenvalue weighted by atomic mass is 35.5. The van der Waals surface area contributed by atoms with Gasteiger partial charge in [0.2, 0.25) is 0 Å². The number of aromatic nitrogens is 6. The van der Waals surface area contributed by atoms with Crippen molar-refractivity contribution in [3.8, 4) is 22.6 Å². The zero-order valence-corrected chi connectivity index (χ0v) is 15.2. The van der Waals surface area contributed by atoms with Crippen molar-refractivity contribution in [2.45, 2.75) is 13.8 Å². The smallest absolute Gasteiger partial charge is 0.191 e. The van der Waals surface area contributed by atoms with Gasteiger partial charge in [-0.3, -0.25) is 4.79 Å². The number of rotatable bonds is 2. The molecular weight excluding hydrogens is 352 g/mol. The highest BCUT2D eigenvalue weighted by Crippen LogP contribution is 2.32. The molecule has 4 aromatic heterocycles. The minimum absolute atomic E-state index is 0.106. The van der Waals surface area contributed by atoms with E-state index in [4.69, 9.17) is 11.6 Å². The first kappa shape index (κ1) is 16.4. The summed E-state index contributed by atoms with van der Waals surface area (Å²) in [4.78, 5) is 24.2. The van der Waals surface area contributed by atoms with Crippen LogP contribution in [0.4, 0.5) is 0 Å². The van der Waals surface area contributed by atoms with Crippen LogP contribution < -0.4 is 5.43 Å². The molecule has 0 radical (unpaired) electrons. The van der Waals surface area contributed by atoms with Gasteiger partial charge < -0.3 is 9.55 Å². The van der Waals surface area contributed by atoms with Gasteiger partial charge in [-0.2, -0.15) is 0 Å². The van der Waals surface area contributed by atoms with Gasteiger partial charge in [-0.05, 0) is 37.6 Å². The molecule has 7 nitrogen and oxygen atoms in total. The molecule has 0 aliphatic carbocycles. The highest BCUT2D eigenvalue weighted by Gasteiger charge is 2.18. The Bertz CT molecular complexity index is 1190. The maximum Gasteiger partial charge on any atom is 0.191 e. The summed E-state index contributed by atoms with van der Waals surface area (Å²) < 4.78 is 1.86. The summed E-state index contributed by atoms with van der Waals surface area (Å²) >= 11 is 6.15. The second-order valence-corrected chi connectivity index (χ2v) is 6.46. The van der Waals surface area contributed by atoms with Crippen molar-refractivity contribution >= 4 is 22.6 Å². The van der Waals surface area contributed by atoms with E-state index < -0.39 is 0 Å². The molecule has 0 saturated carbocycles. The number of hydrogen-bond donors (Lipinski definition) is 1. The molecule has 0 aliphatic heterocycles. The minimum Gasteiger partial charge on any atom is -0.346 e. The normalized spacial score (nSPS) is 11.2. The molecule has 0 atom stereocenters. The Labute approximate surface area is 153 Å². The average Bonchev–Trinajstić information content (AvgIpc) is 2.92. The molecule has 0 spiro atoms. The second kappa shape index (κ2) is 6.03. The third kappa shape index (κ3) is 2.66. The predicted molar refractivity (Wildman–Crippen MR) is 100 cm³/mol. The molecule has 4 heterocycles. The Hall–Kier alpha value is -3.06. The molecule has 4 rings (SSSR count). The molecule has 0 bridgehead atoms. The number of nitrogens with one attached hydrogen (secondary N) is 1. The highest BCUT2D eigenvalue weighted by molar-refractivity contribution is 6.29. The summed E-state index contributed by atoms with van der Waals surface area (Å²) in [5, 5.41) is 9.25. The summed E-state index contributed by atoms with van der Waals surface area (Å²) in [5.74, 6) is 1.37. The number of H-pyrrole nitrogens is 1. The fraction of sp³-hybridized carbons (Fsp3) is 0.167. The summed E-state index contributed by atoms with van der Waals surface area (Å²) in [6, 6.07) is 6.94. The predicted octanol–water partition coefficient (Wildman–Crippen LogP) is 3.05. The van der Waals surface area contributed by atoms with Gasteiger partial charge in [0.25, 0.3) is 0 Å². The Morgan fingerprint density at radius 2 is 1.92 bits per heavy atom. The number of pyridine rings is 3. The lowest BCUT2D eigenvalue weighted by molar-refractivity contribution is 0.862. The molecule has 130 valence electrons. The van der Waals surface area contributed by atoms with E-state index in [1.54, 1.807) is 12.3 Å². The first-order valence-corrected chi connectivity index (χ1v) is 8.35. The first-order chi connectivity index (χ1) is 12.4. The van der Waals surface area contributed by atoms with Gasteiger partial charge >= 0.3 is 0 Å². The molecule has 0 aliphatic rings. The van der Waals surface area contributed by atoms with E-state index in [1.165, 1.54) is 6.07 Å². The molecule has 0 saturated heterocycles. The van der Waals surface area contributed by atoms with Gasteiger partial charge in [-0.15, -0.1) is 10.2 Å². The van der Waals surface area contributed by atoms with Crippen LogP contribution in [0.2, 0.25) is 5.15 Å². The van der Waals surface area contributed by atoms with Crippen LogP contribution in [0.5, 0.6) is 0 Å². The van der Waals surface area contributed by atoms with Gasteiger partial charge in [-0.25, -0.2) is 9.97 Å². The van der Waals surface area contributed by atoms with Gasteiger partial charge in [0, 0.05) is 30.6 Å². The average molecular weight is 367 g/mol. The van der Waals surface area contributed by atoms with Crippen molar-refractivity contribution < 1.29 is 0 Å². The van der Waals surface area contributed by atoms with Crippen LogP contribution in [0.1, 0.15) is 11.5 Å². The van der Waals surface area contributed by atoms with E-state index in [1.807, 2.05) is 37.6 Å². The number of fused-ring (bicyclic) bond motifs is 1. The monoisotopic (exact) mass is 366 g/mol. The fourth-order valence-corrected chi connectivity index (χ4v) is 3.14. The Morgan fingerprint density at radius 3 is 2.62 bits per heavy atom. The van der Waals surface area contributed by atoms with E-state index >= 15 is 0 Å². The van der Waals surface area contributed by atoms with Crippen LogP contribution in [0.15, 0.2) is 35.3 Å². The maximum atomic E-state index is 12.3. The van der Waals surface area contributed by atoms with E-state index in [2.05, 4.69) is 25.1 Å². The quantitative estimate of drug-likeness (QED) is 0.551. The number of halogens is 1. The van der Waals surface area contributed by atoms with E-state index in [0.717, 1.165) is 22.6 Å². The molecule has 0 fully saturated rings. The number of aryl methyl sites for hydroxylation is 2. The molecular formula is C18H15ClN6O. The summed E-state index contributed by atoms with van der Waals surface area (Å²) in [7, 11) is 1.87. The Balaban J connectivity index is 2.12. The van der Waals surface area contributed by atoms with Gasteiger partial charge in [0.15, 0.2) is 11.3 Å². The SMILES string of the molecule is Cc1cc(-c2cc3c(=O)cc[nH]c3nc2-c2nnc(C)n2C)cc(Cl)n1. The maximum absolute atomic E-state index is 12.3. The summed E-state index contributed by atoms with van der Waals surface area (Å²) in [6.07, 6.45) is 1.58. The first-order valence-electron chi connectivity index (χ1n) is 7.97. The van der Waals surface area contributed by atoms with E-state index in [0.29, 0.717) is 27.7 Å². The van der Waals surface area contributed by atoms with Crippen molar-refractivity contribution in [1.82, 2.24) is 29.7 Å². The molecule has 26 heavy (non-hydrogen) atoms. The molecule has 0 aromatic carbocycles. The van der Waals surface area contributed by atoms with Crippen molar-refractivity contribution in [1.29, 1.82) is 0 Å². The molecule has 0 amide bonds. The molecule has 8 heteroatoms. The molecule has 0 unspecified atom stereocenters.